The third kappa shape index (κ3) is 5.49. The molecule has 0 saturated carbocycles. The van der Waals surface area contributed by atoms with Gasteiger partial charge in [0.2, 0.25) is 0 Å². The summed E-state index contributed by atoms with van der Waals surface area (Å²) in [6, 6.07) is 21.5. The van der Waals surface area contributed by atoms with Crippen molar-refractivity contribution in [2.75, 3.05) is 6.61 Å². The van der Waals surface area contributed by atoms with Gasteiger partial charge < -0.3 is 9.84 Å². The predicted octanol–water partition coefficient (Wildman–Crippen LogP) is 8.66. The lowest BCUT2D eigenvalue weighted by Crippen LogP contribution is -2.13. The molecular weight excluding hydrogens is 478 g/mol. The SMILES string of the molecule is CC(=CC(=O)O)c1cc2c(-c3cc(C(C)(C)C)cc(-c4ccccc4)c3OCC(F)F)cccc2s1. The van der Waals surface area contributed by atoms with E-state index >= 15 is 0 Å². The summed E-state index contributed by atoms with van der Waals surface area (Å²) in [5, 5.41) is 10.1. The van der Waals surface area contributed by atoms with Crippen molar-refractivity contribution in [2.45, 2.75) is 39.5 Å². The second-order valence-corrected chi connectivity index (χ2v) is 10.8. The van der Waals surface area contributed by atoms with Crippen LogP contribution >= 0.6 is 11.3 Å². The fourth-order valence-corrected chi connectivity index (χ4v) is 5.20. The Morgan fingerprint density at radius 2 is 1.69 bits per heavy atom. The molecule has 3 nitrogen and oxygen atoms in total. The molecule has 0 unspecified atom stereocenters. The summed E-state index contributed by atoms with van der Waals surface area (Å²) in [5.74, 6) is -0.592. The van der Waals surface area contributed by atoms with E-state index in [1.807, 2.05) is 66.7 Å². The van der Waals surface area contributed by atoms with Crippen molar-refractivity contribution in [3.63, 3.8) is 0 Å². The van der Waals surface area contributed by atoms with Crippen LogP contribution in [0.5, 0.6) is 5.75 Å². The quantitative estimate of drug-likeness (QED) is 0.255. The lowest BCUT2D eigenvalue weighted by Gasteiger charge is -2.25. The van der Waals surface area contributed by atoms with Gasteiger partial charge in [0, 0.05) is 32.2 Å². The first-order valence-electron chi connectivity index (χ1n) is 11.6. The van der Waals surface area contributed by atoms with Gasteiger partial charge in [-0.25, -0.2) is 13.6 Å². The maximum atomic E-state index is 13.3. The lowest BCUT2D eigenvalue weighted by atomic mass is 9.82. The molecule has 4 rings (SSSR count). The van der Waals surface area contributed by atoms with E-state index in [1.54, 1.807) is 6.92 Å². The van der Waals surface area contributed by atoms with Crippen molar-refractivity contribution in [3.8, 4) is 28.0 Å². The molecule has 6 heteroatoms. The van der Waals surface area contributed by atoms with Crippen molar-refractivity contribution in [1.29, 1.82) is 0 Å². The van der Waals surface area contributed by atoms with Gasteiger partial charge in [0.1, 0.15) is 12.4 Å². The number of halogens is 2. The van der Waals surface area contributed by atoms with Gasteiger partial charge in [-0.1, -0.05) is 63.2 Å². The van der Waals surface area contributed by atoms with Crippen LogP contribution in [-0.2, 0) is 10.2 Å². The van der Waals surface area contributed by atoms with Crippen molar-refractivity contribution in [3.05, 3.63) is 83.2 Å². The zero-order chi connectivity index (χ0) is 26.0. The fraction of sp³-hybridized carbons (Fsp3) is 0.233. The standard InChI is InChI=1S/C30H28F2O3S/c1-18(13-28(33)34)26-16-23-21(11-8-12-25(23)36-26)24-15-20(30(2,3)4)14-22(19-9-6-5-7-10-19)29(24)35-17-27(31)32/h5-16,27H,17H2,1-4H3,(H,33,34). The zero-order valence-electron chi connectivity index (χ0n) is 20.6. The highest BCUT2D eigenvalue weighted by molar-refractivity contribution is 7.20. The summed E-state index contributed by atoms with van der Waals surface area (Å²) in [4.78, 5) is 12.1. The molecule has 0 aliphatic rings. The minimum absolute atomic E-state index is 0.200. The van der Waals surface area contributed by atoms with E-state index in [0.717, 1.165) is 42.8 Å². The number of carboxylic acid groups (broad SMARTS) is 1. The Bertz CT molecular complexity index is 1430. The smallest absolute Gasteiger partial charge is 0.328 e. The Hall–Kier alpha value is -3.51. The van der Waals surface area contributed by atoms with Crippen molar-refractivity contribution in [2.24, 2.45) is 0 Å². The Morgan fingerprint density at radius 3 is 2.33 bits per heavy atom. The van der Waals surface area contributed by atoms with Crippen LogP contribution in [0.3, 0.4) is 0 Å². The number of carbonyl (C=O) groups is 1. The number of alkyl halides is 2. The van der Waals surface area contributed by atoms with Crippen molar-refractivity contribution in [1.82, 2.24) is 0 Å². The first-order valence-corrected chi connectivity index (χ1v) is 12.5. The third-order valence-corrected chi connectivity index (χ3v) is 7.21. The largest absolute Gasteiger partial charge is 0.486 e. The monoisotopic (exact) mass is 506 g/mol. The molecule has 4 aromatic rings. The molecular formula is C30H28F2O3S. The molecule has 3 aromatic carbocycles. The van der Waals surface area contributed by atoms with E-state index < -0.39 is 19.0 Å². The number of ether oxygens (including phenoxy) is 1. The Morgan fingerprint density at radius 1 is 1.00 bits per heavy atom. The molecule has 0 spiro atoms. The molecule has 0 atom stereocenters. The van der Waals surface area contributed by atoms with Gasteiger partial charge in [-0.3, -0.25) is 0 Å². The maximum Gasteiger partial charge on any atom is 0.328 e. The number of thiophene rings is 1. The van der Waals surface area contributed by atoms with Crippen LogP contribution < -0.4 is 4.74 Å². The summed E-state index contributed by atoms with van der Waals surface area (Å²) < 4.78 is 33.5. The van der Waals surface area contributed by atoms with Crippen LogP contribution in [0, 0.1) is 0 Å². The fourth-order valence-electron chi connectivity index (χ4n) is 4.14. The molecule has 186 valence electrons. The lowest BCUT2D eigenvalue weighted by molar-refractivity contribution is -0.131. The van der Waals surface area contributed by atoms with Gasteiger partial charge in [0.25, 0.3) is 6.43 Å². The molecule has 1 N–H and O–H groups in total. The highest BCUT2D eigenvalue weighted by atomic mass is 32.1. The molecule has 1 heterocycles. The predicted molar refractivity (Wildman–Crippen MR) is 144 cm³/mol. The van der Waals surface area contributed by atoms with Gasteiger partial charge in [-0.2, -0.15) is 0 Å². The molecule has 0 aliphatic carbocycles. The van der Waals surface area contributed by atoms with Gasteiger partial charge in [0.05, 0.1) is 0 Å². The van der Waals surface area contributed by atoms with Crippen LogP contribution in [0.25, 0.3) is 37.9 Å². The first kappa shape index (κ1) is 25.6. The molecule has 0 amide bonds. The summed E-state index contributed by atoms with van der Waals surface area (Å²) in [6.45, 7) is 7.40. The second-order valence-electron chi connectivity index (χ2n) is 9.71. The van der Waals surface area contributed by atoms with Crippen LogP contribution in [0.4, 0.5) is 8.78 Å². The number of hydrogen-bond acceptors (Lipinski definition) is 3. The van der Waals surface area contributed by atoms with Gasteiger partial charge >= 0.3 is 5.97 Å². The summed E-state index contributed by atoms with van der Waals surface area (Å²) in [7, 11) is 0. The van der Waals surface area contributed by atoms with Crippen LogP contribution in [0.1, 0.15) is 38.1 Å². The summed E-state index contributed by atoms with van der Waals surface area (Å²) >= 11 is 1.50. The minimum atomic E-state index is -2.61. The molecule has 0 bridgehead atoms. The van der Waals surface area contributed by atoms with Crippen LogP contribution in [0.2, 0.25) is 0 Å². The number of fused-ring (bicyclic) bond motifs is 1. The average molecular weight is 507 g/mol. The first-order chi connectivity index (χ1) is 17.0. The second kappa shape index (κ2) is 10.2. The Balaban J connectivity index is 2.03. The van der Waals surface area contributed by atoms with E-state index in [9.17, 15) is 18.7 Å². The van der Waals surface area contributed by atoms with Crippen LogP contribution in [-0.4, -0.2) is 24.1 Å². The Kier molecular flexibility index (Phi) is 7.27. The maximum absolute atomic E-state index is 13.3. The van der Waals surface area contributed by atoms with E-state index in [-0.39, 0.29) is 5.41 Å². The minimum Gasteiger partial charge on any atom is -0.486 e. The summed E-state index contributed by atoms with van der Waals surface area (Å²) in [6.07, 6.45) is -1.42. The molecule has 0 fully saturated rings. The number of allylic oxidation sites excluding steroid dienone is 1. The Labute approximate surface area is 213 Å². The molecule has 0 saturated heterocycles. The normalized spacial score (nSPS) is 12.4. The van der Waals surface area contributed by atoms with Crippen LogP contribution in [0.15, 0.2) is 72.8 Å². The number of rotatable bonds is 7. The van der Waals surface area contributed by atoms with Gasteiger partial charge in [-0.05, 0) is 58.9 Å². The van der Waals surface area contributed by atoms with Crippen molar-refractivity contribution < 1.29 is 23.4 Å². The summed E-state index contributed by atoms with van der Waals surface area (Å²) in [5.41, 5.74) is 4.73. The van der Waals surface area contributed by atoms with E-state index in [2.05, 4.69) is 20.8 Å². The number of benzene rings is 3. The topological polar surface area (TPSA) is 46.5 Å². The highest BCUT2D eigenvalue weighted by Crippen LogP contribution is 2.46. The van der Waals surface area contributed by atoms with E-state index in [1.165, 1.54) is 17.4 Å². The van der Waals surface area contributed by atoms with Gasteiger partial charge in [-0.15, -0.1) is 11.3 Å². The van der Waals surface area contributed by atoms with E-state index in [0.29, 0.717) is 11.3 Å². The van der Waals surface area contributed by atoms with Crippen molar-refractivity contribution >= 4 is 33.0 Å². The molecule has 1 aromatic heterocycles. The van der Waals surface area contributed by atoms with Gasteiger partial charge in [0.15, 0.2) is 0 Å². The zero-order valence-corrected chi connectivity index (χ0v) is 21.5. The van der Waals surface area contributed by atoms with E-state index in [4.69, 9.17) is 4.74 Å². The average Bonchev–Trinajstić information content (AvgIpc) is 3.26. The molecule has 36 heavy (non-hydrogen) atoms. The number of aliphatic carboxylic acids is 1. The molecule has 0 radical (unpaired) electrons. The third-order valence-electron chi connectivity index (χ3n) is 5.97. The number of hydrogen-bond donors (Lipinski definition) is 1. The number of carboxylic acids is 1. The molecule has 0 aliphatic heterocycles. The highest BCUT2D eigenvalue weighted by Gasteiger charge is 2.23.